The normalized spacial score (nSPS) is 9.78. The van der Waals surface area contributed by atoms with Crippen molar-refractivity contribution in [3.63, 3.8) is 0 Å². The topological polar surface area (TPSA) is 127 Å². The highest BCUT2D eigenvalue weighted by Gasteiger charge is 2.22. The van der Waals surface area contributed by atoms with Crippen molar-refractivity contribution < 1.29 is 38.9 Å². The van der Waals surface area contributed by atoms with Crippen molar-refractivity contribution in [2.75, 3.05) is 13.2 Å². The Kier molecular flexibility index (Phi) is 6.02. The molecule has 0 aliphatic heterocycles. The van der Waals surface area contributed by atoms with Crippen LogP contribution >= 0.6 is 0 Å². The monoisotopic (exact) mass is 322 g/mol. The smallest absolute Gasteiger partial charge is 0.339 e. The van der Waals surface area contributed by atoms with E-state index >= 15 is 0 Å². The van der Waals surface area contributed by atoms with Gasteiger partial charge in [0.1, 0.15) is 13.2 Å². The lowest BCUT2D eigenvalue weighted by Gasteiger charge is -2.10. The molecule has 1 aromatic carbocycles. The Morgan fingerprint density at radius 3 is 2.09 bits per heavy atom. The second-order valence-electron chi connectivity index (χ2n) is 4.33. The molecule has 0 atom stereocenters. The van der Waals surface area contributed by atoms with Crippen LogP contribution < -0.4 is 0 Å². The Hall–Kier alpha value is -3.16. The van der Waals surface area contributed by atoms with E-state index < -0.39 is 29.4 Å². The molecule has 0 amide bonds. The van der Waals surface area contributed by atoms with Crippen LogP contribution in [0.4, 0.5) is 0 Å². The van der Waals surface area contributed by atoms with Gasteiger partial charge in [-0.2, -0.15) is 0 Å². The van der Waals surface area contributed by atoms with Crippen molar-refractivity contribution in [2.45, 2.75) is 6.92 Å². The number of esters is 2. The van der Waals surface area contributed by atoms with Gasteiger partial charge in [-0.25, -0.2) is 19.2 Å². The molecule has 2 N–H and O–H groups in total. The van der Waals surface area contributed by atoms with Crippen LogP contribution in [-0.2, 0) is 14.3 Å². The van der Waals surface area contributed by atoms with E-state index in [2.05, 4.69) is 11.3 Å². The Balaban J connectivity index is 2.95. The third kappa shape index (κ3) is 4.67. The van der Waals surface area contributed by atoms with Gasteiger partial charge >= 0.3 is 23.9 Å². The molecule has 122 valence electrons. The third-order valence-corrected chi connectivity index (χ3v) is 2.77. The van der Waals surface area contributed by atoms with Crippen molar-refractivity contribution in [3.8, 4) is 0 Å². The number of hydrogen-bond donors (Lipinski definition) is 2. The molecule has 23 heavy (non-hydrogen) atoms. The van der Waals surface area contributed by atoms with E-state index in [0.717, 1.165) is 18.2 Å². The molecule has 0 bridgehead atoms. The summed E-state index contributed by atoms with van der Waals surface area (Å²) in [6.45, 7) is 4.05. The summed E-state index contributed by atoms with van der Waals surface area (Å²) in [6, 6.07) is 2.03. The Bertz CT molecular complexity index is 674. The number of benzene rings is 1. The van der Waals surface area contributed by atoms with Crippen LogP contribution in [0.2, 0.25) is 0 Å². The number of carbonyl (C=O) groups excluding carboxylic acids is 2. The van der Waals surface area contributed by atoms with Gasteiger partial charge in [0, 0.05) is 6.08 Å². The van der Waals surface area contributed by atoms with Gasteiger partial charge in [0.05, 0.1) is 16.7 Å². The predicted octanol–water partition coefficient (Wildman–Crippen LogP) is 1.28. The standard InChI is InChI=1S/C15H14O8/c1-3-12(16)22-4-5-23-15(21)11-7-9(13(17)18)8(2)6-10(11)14(19)20/h3,6-7H,1,4-5H2,2H3,(H,17,18)(H,19,20). The average Bonchev–Trinajstić information content (AvgIpc) is 2.50. The number of aromatic carboxylic acids is 2. The second kappa shape index (κ2) is 7.74. The molecule has 0 saturated heterocycles. The zero-order chi connectivity index (χ0) is 17.6. The molecular weight excluding hydrogens is 308 g/mol. The van der Waals surface area contributed by atoms with Gasteiger partial charge in [-0.15, -0.1) is 0 Å². The summed E-state index contributed by atoms with van der Waals surface area (Å²) >= 11 is 0. The average molecular weight is 322 g/mol. The Morgan fingerprint density at radius 1 is 1.00 bits per heavy atom. The zero-order valence-electron chi connectivity index (χ0n) is 12.2. The van der Waals surface area contributed by atoms with Crippen LogP contribution in [0.1, 0.15) is 36.6 Å². The lowest BCUT2D eigenvalue weighted by molar-refractivity contribution is -0.138. The zero-order valence-corrected chi connectivity index (χ0v) is 12.2. The number of hydrogen-bond acceptors (Lipinski definition) is 6. The summed E-state index contributed by atoms with van der Waals surface area (Å²) in [6.07, 6.45) is 0.934. The molecular formula is C15H14O8. The van der Waals surface area contributed by atoms with Crippen LogP contribution in [0.25, 0.3) is 0 Å². The summed E-state index contributed by atoms with van der Waals surface area (Å²) in [5, 5.41) is 18.1. The number of carboxylic acids is 2. The minimum Gasteiger partial charge on any atom is -0.478 e. The molecule has 0 fully saturated rings. The van der Waals surface area contributed by atoms with Gasteiger partial charge in [0.15, 0.2) is 0 Å². The first-order chi connectivity index (χ1) is 10.8. The first-order valence-corrected chi connectivity index (χ1v) is 6.35. The quantitative estimate of drug-likeness (QED) is 0.436. The molecule has 0 aromatic heterocycles. The van der Waals surface area contributed by atoms with Crippen molar-refractivity contribution in [2.24, 2.45) is 0 Å². The molecule has 0 radical (unpaired) electrons. The van der Waals surface area contributed by atoms with Crippen LogP contribution in [0.5, 0.6) is 0 Å². The number of ether oxygens (including phenoxy) is 2. The van der Waals surface area contributed by atoms with Gasteiger partial charge in [0.25, 0.3) is 0 Å². The number of carboxylic acid groups (broad SMARTS) is 2. The first kappa shape index (κ1) is 17.9. The highest BCUT2D eigenvalue weighted by Crippen LogP contribution is 2.18. The van der Waals surface area contributed by atoms with Gasteiger partial charge in [-0.05, 0) is 24.6 Å². The van der Waals surface area contributed by atoms with E-state index in [9.17, 15) is 19.2 Å². The van der Waals surface area contributed by atoms with Gasteiger partial charge < -0.3 is 19.7 Å². The van der Waals surface area contributed by atoms with E-state index in [1.54, 1.807) is 0 Å². The molecule has 1 rings (SSSR count). The SMILES string of the molecule is C=CC(=O)OCCOC(=O)c1cc(C(=O)O)c(C)cc1C(=O)O. The first-order valence-electron chi connectivity index (χ1n) is 6.35. The molecule has 8 heteroatoms. The molecule has 0 spiro atoms. The lowest BCUT2D eigenvalue weighted by atomic mass is 9.99. The molecule has 0 heterocycles. The van der Waals surface area contributed by atoms with E-state index in [1.165, 1.54) is 6.92 Å². The molecule has 0 aliphatic carbocycles. The van der Waals surface area contributed by atoms with E-state index in [1.807, 2.05) is 0 Å². The Labute approximate surface area is 130 Å². The van der Waals surface area contributed by atoms with E-state index in [4.69, 9.17) is 14.9 Å². The fourth-order valence-electron chi connectivity index (χ4n) is 1.70. The maximum atomic E-state index is 11.9. The maximum absolute atomic E-state index is 11.9. The maximum Gasteiger partial charge on any atom is 0.339 e. The third-order valence-electron chi connectivity index (χ3n) is 2.77. The van der Waals surface area contributed by atoms with Gasteiger partial charge in [-0.3, -0.25) is 0 Å². The summed E-state index contributed by atoms with van der Waals surface area (Å²) in [7, 11) is 0. The summed E-state index contributed by atoms with van der Waals surface area (Å²) in [5.41, 5.74) is -0.775. The fourth-order valence-corrected chi connectivity index (χ4v) is 1.70. The van der Waals surface area contributed by atoms with E-state index in [0.29, 0.717) is 0 Å². The van der Waals surface area contributed by atoms with Gasteiger partial charge in [0.2, 0.25) is 0 Å². The summed E-state index contributed by atoms with van der Waals surface area (Å²) in [4.78, 5) is 45.0. The highest BCUT2D eigenvalue weighted by molar-refractivity contribution is 6.05. The van der Waals surface area contributed by atoms with Crippen molar-refractivity contribution in [3.05, 3.63) is 47.0 Å². The highest BCUT2D eigenvalue weighted by atomic mass is 16.6. The minimum atomic E-state index is -1.39. The molecule has 0 aliphatic rings. The van der Waals surface area contributed by atoms with Crippen molar-refractivity contribution in [1.29, 1.82) is 0 Å². The van der Waals surface area contributed by atoms with Crippen LogP contribution in [0.3, 0.4) is 0 Å². The summed E-state index contributed by atoms with van der Waals surface area (Å²) < 4.78 is 9.37. The molecule has 0 saturated carbocycles. The number of carbonyl (C=O) groups is 4. The second-order valence-corrected chi connectivity index (χ2v) is 4.33. The summed E-state index contributed by atoms with van der Waals surface area (Å²) in [5.74, 6) is -4.42. The molecule has 8 nitrogen and oxygen atoms in total. The molecule has 1 aromatic rings. The van der Waals surface area contributed by atoms with Crippen LogP contribution in [0, 0.1) is 6.92 Å². The van der Waals surface area contributed by atoms with Crippen molar-refractivity contribution >= 4 is 23.9 Å². The van der Waals surface area contributed by atoms with Gasteiger partial charge in [-0.1, -0.05) is 6.58 Å². The number of rotatable bonds is 7. The lowest BCUT2D eigenvalue weighted by Crippen LogP contribution is -2.17. The Morgan fingerprint density at radius 2 is 1.57 bits per heavy atom. The van der Waals surface area contributed by atoms with Crippen LogP contribution in [0.15, 0.2) is 24.8 Å². The molecule has 0 unspecified atom stereocenters. The van der Waals surface area contributed by atoms with Crippen molar-refractivity contribution in [1.82, 2.24) is 0 Å². The number of aryl methyl sites for hydroxylation is 1. The predicted molar refractivity (Wildman–Crippen MR) is 76.5 cm³/mol. The van der Waals surface area contributed by atoms with E-state index in [-0.39, 0.29) is 29.9 Å². The minimum absolute atomic E-state index is 0.200. The fraction of sp³-hybridized carbons (Fsp3) is 0.200. The van der Waals surface area contributed by atoms with Crippen LogP contribution in [-0.4, -0.2) is 47.3 Å². The largest absolute Gasteiger partial charge is 0.478 e.